The SMILES string of the molecule is Cc1cc2c(nc1Cl)N1CCN(C)C[C@@H]1C(=O)N2C. The second kappa shape index (κ2) is 4.35. The van der Waals surface area contributed by atoms with Gasteiger partial charge in [0.2, 0.25) is 0 Å². The molecule has 3 heterocycles. The summed E-state index contributed by atoms with van der Waals surface area (Å²) in [5, 5.41) is 0.513. The maximum atomic E-state index is 12.5. The third kappa shape index (κ3) is 1.88. The summed E-state index contributed by atoms with van der Waals surface area (Å²) < 4.78 is 0. The molecule has 1 atom stereocenters. The molecule has 0 aromatic carbocycles. The first-order valence-electron chi connectivity index (χ1n) is 6.39. The van der Waals surface area contributed by atoms with E-state index >= 15 is 0 Å². The largest absolute Gasteiger partial charge is 0.340 e. The summed E-state index contributed by atoms with van der Waals surface area (Å²) in [6, 6.07) is 1.79. The molecule has 1 aromatic heterocycles. The molecule has 0 N–H and O–H groups in total. The van der Waals surface area contributed by atoms with Gasteiger partial charge in [0.15, 0.2) is 5.82 Å². The molecule has 0 aliphatic carbocycles. The van der Waals surface area contributed by atoms with Crippen LogP contribution in [0.25, 0.3) is 0 Å². The molecular formula is C13H17ClN4O. The van der Waals surface area contributed by atoms with E-state index in [0.29, 0.717) is 5.15 Å². The molecule has 19 heavy (non-hydrogen) atoms. The molecule has 1 saturated heterocycles. The molecular weight excluding hydrogens is 264 g/mol. The molecule has 6 heteroatoms. The number of pyridine rings is 1. The average Bonchev–Trinajstić information content (AvgIpc) is 2.38. The molecule has 0 bridgehead atoms. The first-order valence-corrected chi connectivity index (χ1v) is 6.76. The lowest BCUT2D eigenvalue weighted by Crippen LogP contribution is -2.61. The summed E-state index contributed by atoms with van der Waals surface area (Å²) in [5.41, 5.74) is 1.75. The van der Waals surface area contributed by atoms with E-state index in [1.54, 1.807) is 4.90 Å². The quantitative estimate of drug-likeness (QED) is 0.668. The highest BCUT2D eigenvalue weighted by atomic mass is 35.5. The Kier molecular flexibility index (Phi) is 2.91. The number of hydrogen-bond acceptors (Lipinski definition) is 4. The molecule has 0 saturated carbocycles. The van der Waals surface area contributed by atoms with E-state index in [4.69, 9.17) is 11.6 Å². The number of aryl methyl sites for hydroxylation is 1. The minimum Gasteiger partial charge on any atom is -0.340 e. The number of halogens is 1. The number of piperazine rings is 1. The Morgan fingerprint density at radius 2 is 2.11 bits per heavy atom. The number of likely N-dealkylation sites (N-methyl/N-ethyl adjacent to an activating group) is 2. The second-order valence-electron chi connectivity index (χ2n) is 5.31. The summed E-state index contributed by atoms with van der Waals surface area (Å²) in [4.78, 5) is 22.9. The molecule has 5 nitrogen and oxygen atoms in total. The zero-order chi connectivity index (χ0) is 13.7. The van der Waals surface area contributed by atoms with E-state index in [1.165, 1.54) is 0 Å². The zero-order valence-corrected chi connectivity index (χ0v) is 12.1. The van der Waals surface area contributed by atoms with Crippen LogP contribution >= 0.6 is 11.6 Å². The fraction of sp³-hybridized carbons (Fsp3) is 0.538. The topological polar surface area (TPSA) is 39.7 Å². The zero-order valence-electron chi connectivity index (χ0n) is 11.4. The standard InChI is InChI=1S/C13H17ClN4O/c1-8-6-9-12(15-11(8)14)18-5-4-16(2)7-10(18)13(19)17(9)3/h6,10H,4-5,7H2,1-3H3/t10-/m1/s1. The summed E-state index contributed by atoms with van der Waals surface area (Å²) in [7, 11) is 3.85. The van der Waals surface area contributed by atoms with Gasteiger partial charge < -0.3 is 14.7 Å². The van der Waals surface area contributed by atoms with Crippen molar-refractivity contribution in [2.45, 2.75) is 13.0 Å². The highest BCUT2D eigenvalue weighted by Crippen LogP contribution is 2.37. The molecule has 1 aromatic rings. The van der Waals surface area contributed by atoms with E-state index < -0.39 is 0 Å². The molecule has 102 valence electrons. The number of amides is 1. The first kappa shape index (κ1) is 12.7. The Morgan fingerprint density at radius 1 is 1.37 bits per heavy atom. The monoisotopic (exact) mass is 280 g/mol. The third-order valence-electron chi connectivity index (χ3n) is 3.94. The van der Waals surface area contributed by atoms with Crippen LogP contribution in [0.4, 0.5) is 11.5 Å². The second-order valence-corrected chi connectivity index (χ2v) is 5.67. The molecule has 2 aliphatic rings. The Balaban J connectivity index is 2.12. The number of anilines is 2. The van der Waals surface area contributed by atoms with Gasteiger partial charge in [0.1, 0.15) is 11.2 Å². The molecule has 1 fully saturated rings. The lowest BCUT2D eigenvalue weighted by Gasteiger charge is -2.45. The van der Waals surface area contributed by atoms with Crippen LogP contribution in [-0.2, 0) is 4.79 Å². The highest BCUT2D eigenvalue weighted by Gasteiger charge is 2.40. The minimum absolute atomic E-state index is 0.127. The van der Waals surface area contributed by atoms with Gasteiger partial charge in [0.25, 0.3) is 5.91 Å². The highest BCUT2D eigenvalue weighted by molar-refractivity contribution is 6.30. The molecule has 2 aliphatic heterocycles. The van der Waals surface area contributed by atoms with Crippen LogP contribution in [0, 0.1) is 6.92 Å². The van der Waals surface area contributed by atoms with Crippen molar-refractivity contribution in [2.24, 2.45) is 0 Å². The van der Waals surface area contributed by atoms with Gasteiger partial charge in [-0.3, -0.25) is 4.79 Å². The maximum Gasteiger partial charge on any atom is 0.250 e. The fourth-order valence-corrected chi connectivity index (χ4v) is 2.89. The number of hydrogen-bond donors (Lipinski definition) is 0. The van der Waals surface area contributed by atoms with Gasteiger partial charge in [-0.15, -0.1) is 0 Å². The normalized spacial score (nSPS) is 23.4. The number of fused-ring (bicyclic) bond motifs is 3. The average molecular weight is 281 g/mol. The number of rotatable bonds is 0. The van der Waals surface area contributed by atoms with E-state index in [9.17, 15) is 4.79 Å². The van der Waals surface area contributed by atoms with Gasteiger partial charge in [0.05, 0.1) is 5.69 Å². The summed E-state index contributed by atoms with van der Waals surface area (Å²) in [6.07, 6.45) is 0. The Hall–Kier alpha value is -1.33. The van der Waals surface area contributed by atoms with E-state index in [1.807, 2.05) is 27.1 Å². The van der Waals surface area contributed by atoms with Gasteiger partial charge in [-0.1, -0.05) is 11.6 Å². The van der Waals surface area contributed by atoms with E-state index in [-0.39, 0.29) is 11.9 Å². The summed E-state index contributed by atoms with van der Waals surface area (Å²) >= 11 is 6.14. The summed E-state index contributed by atoms with van der Waals surface area (Å²) in [6.45, 7) is 4.38. The number of nitrogens with zero attached hydrogens (tertiary/aromatic N) is 4. The van der Waals surface area contributed by atoms with Crippen molar-refractivity contribution in [2.75, 3.05) is 43.5 Å². The van der Waals surface area contributed by atoms with Crippen LogP contribution in [0.5, 0.6) is 0 Å². The van der Waals surface area contributed by atoms with Crippen molar-refractivity contribution < 1.29 is 4.79 Å². The van der Waals surface area contributed by atoms with Gasteiger partial charge >= 0.3 is 0 Å². The maximum absolute atomic E-state index is 12.5. The Labute approximate surface area is 117 Å². The third-order valence-corrected chi connectivity index (χ3v) is 4.33. The molecule has 1 amide bonds. The van der Waals surface area contributed by atoms with E-state index in [0.717, 1.165) is 36.7 Å². The smallest absolute Gasteiger partial charge is 0.250 e. The van der Waals surface area contributed by atoms with Crippen molar-refractivity contribution in [3.8, 4) is 0 Å². The van der Waals surface area contributed by atoms with Crippen molar-refractivity contribution in [3.63, 3.8) is 0 Å². The van der Waals surface area contributed by atoms with Crippen LogP contribution in [0.1, 0.15) is 5.56 Å². The van der Waals surface area contributed by atoms with Crippen LogP contribution < -0.4 is 9.80 Å². The minimum atomic E-state index is -0.150. The number of carbonyl (C=O) groups is 1. The molecule has 3 rings (SSSR count). The van der Waals surface area contributed by atoms with Gasteiger partial charge in [-0.2, -0.15) is 0 Å². The van der Waals surface area contributed by atoms with E-state index in [2.05, 4.69) is 14.8 Å². The van der Waals surface area contributed by atoms with Crippen LogP contribution in [-0.4, -0.2) is 55.6 Å². The fourth-order valence-electron chi connectivity index (χ4n) is 2.75. The number of carbonyl (C=O) groups excluding carboxylic acids is 1. The predicted octanol–water partition coefficient (Wildman–Crippen LogP) is 1.14. The van der Waals surface area contributed by atoms with Crippen LogP contribution in [0.2, 0.25) is 5.15 Å². The molecule has 0 radical (unpaired) electrons. The summed E-state index contributed by atoms with van der Waals surface area (Å²) in [5.74, 6) is 0.957. The Bertz CT molecular complexity index is 548. The van der Waals surface area contributed by atoms with Crippen molar-refractivity contribution in [1.82, 2.24) is 9.88 Å². The first-order chi connectivity index (χ1) is 8.99. The molecule has 0 unspecified atom stereocenters. The lowest BCUT2D eigenvalue weighted by atomic mass is 10.1. The molecule has 0 spiro atoms. The Morgan fingerprint density at radius 3 is 2.84 bits per heavy atom. The van der Waals surface area contributed by atoms with Crippen molar-refractivity contribution >= 4 is 29.0 Å². The predicted molar refractivity (Wildman–Crippen MR) is 76.0 cm³/mol. The van der Waals surface area contributed by atoms with Gasteiger partial charge in [0, 0.05) is 26.7 Å². The van der Waals surface area contributed by atoms with Crippen LogP contribution in [0.15, 0.2) is 6.07 Å². The number of aromatic nitrogens is 1. The van der Waals surface area contributed by atoms with Gasteiger partial charge in [-0.25, -0.2) is 4.98 Å². The van der Waals surface area contributed by atoms with Crippen molar-refractivity contribution in [1.29, 1.82) is 0 Å². The van der Waals surface area contributed by atoms with Gasteiger partial charge in [-0.05, 0) is 25.6 Å². The lowest BCUT2D eigenvalue weighted by molar-refractivity contribution is -0.120. The van der Waals surface area contributed by atoms with Crippen molar-refractivity contribution in [3.05, 3.63) is 16.8 Å². The van der Waals surface area contributed by atoms with Crippen LogP contribution in [0.3, 0.4) is 0 Å².